The number of nitrogens with one attached hydrogen (secondary N) is 1. The lowest BCUT2D eigenvalue weighted by atomic mass is 10.0. The number of amides is 1. The fourth-order valence-corrected chi connectivity index (χ4v) is 3.73. The largest absolute Gasteiger partial charge is 0.496 e. The Bertz CT molecular complexity index is 886. The van der Waals surface area contributed by atoms with Gasteiger partial charge in [0.25, 0.3) is 0 Å². The molecule has 1 amide bonds. The van der Waals surface area contributed by atoms with E-state index in [4.69, 9.17) is 9.47 Å². The predicted molar refractivity (Wildman–Crippen MR) is 114 cm³/mol. The fraction of sp³-hybridized carbons (Fsp3) is 0.391. The minimum absolute atomic E-state index is 0.0461. The Morgan fingerprint density at radius 1 is 1.14 bits per heavy atom. The fourth-order valence-electron chi connectivity index (χ4n) is 3.73. The van der Waals surface area contributed by atoms with E-state index in [1.54, 1.807) is 25.3 Å². The number of morpholine rings is 1. The van der Waals surface area contributed by atoms with E-state index >= 15 is 0 Å². The van der Waals surface area contributed by atoms with Gasteiger partial charge in [-0.15, -0.1) is 0 Å². The first kappa shape index (κ1) is 20.9. The van der Waals surface area contributed by atoms with E-state index in [2.05, 4.69) is 24.1 Å². The highest BCUT2D eigenvalue weighted by atomic mass is 16.5. The van der Waals surface area contributed by atoms with Gasteiger partial charge in [-0.05, 0) is 51.1 Å². The maximum Gasteiger partial charge on any atom is 0.228 e. The minimum Gasteiger partial charge on any atom is -0.496 e. The molecule has 1 aliphatic rings. The molecule has 0 saturated carbocycles. The van der Waals surface area contributed by atoms with Crippen LogP contribution in [-0.4, -0.2) is 44.1 Å². The van der Waals surface area contributed by atoms with Crippen molar-refractivity contribution in [2.45, 2.75) is 39.4 Å². The summed E-state index contributed by atoms with van der Waals surface area (Å²) in [7, 11) is 1.56. The molecular formula is C23H28N2O4. The third-order valence-electron chi connectivity index (χ3n) is 4.98. The highest BCUT2D eigenvalue weighted by Gasteiger charge is 2.24. The van der Waals surface area contributed by atoms with E-state index < -0.39 is 0 Å². The molecule has 0 radical (unpaired) electrons. The summed E-state index contributed by atoms with van der Waals surface area (Å²) in [4.78, 5) is 26.7. The Morgan fingerprint density at radius 3 is 2.48 bits per heavy atom. The molecule has 0 aromatic heterocycles. The van der Waals surface area contributed by atoms with Crippen molar-refractivity contribution in [2.75, 3.05) is 30.4 Å². The predicted octanol–water partition coefficient (Wildman–Crippen LogP) is 3.69. The van der Waals surface area contributed by atoms with E-state index in [1.807, 2.05) is 24.3 Å². The van der Waals surface area contributed by atoms with Crippen molar-refractivity contribution in [3.63, 3.8) is 0 Å². The van der Waals surface area contributed by atoms with Gasteiger partial charge in [-0.2, -0.15) is 0 Å². The first-order valence-electron chi connectivity index (χ1n) is 9.84. The zero-order chi connectivity index (χ0) is 21.0. The monoisotopic (exact) mass is 396 g/mol. The Morgan fingerprint density at radius 2 is 1.83 bits per heavy atom. The molecule has 1 heterocycles. The number of methoxy groups -OCH3 is 1. The number of ether oxygens (including phenoxy) is 2. The number of ketones is 1. The van der Waals surface area contributed by atoms with E-state index in [0.717, 1.165) is 24.5 Å². The summed E-state index contributed by atoms with van der Waals surface area (Å²) in [5.41, 5.74) is 2.99. The van der Waals surface area contributed by atoms with Gasteiger partial charge in [-0.1, -0.05) is 12.1 Å². The first-order chi connectivity index (χ1) is 13.9. The number of hydrogen-bond acceptors (Lipinski definition) is 5. The Balaban J connectivity index is 1.78. The number of para-hydroxylation sites is 2. The topological polar surface area (TPSA) is 67.9 Å². The number of Topliss-reactive ketones (excluding diaryl/α,β-unsaturated/α-hetero) is 1. The molecule has 1 fully saturated rings. The number of carbonyl (C=O) groups excluding carboxylic acids is 2. The molecule has 6 nitrogen and oxygen atoms in total. The van der Waals surface area contributed by atoms with E-state index in [0.29, 0.717) is 16.9 Å². The summed E-state index contributed by atoms with van der Waals surface area (Å²) < 4.78 is 11.2. The van der Waals surface area contributed by atoms with E-state index in [9.17, 15) is 9.59 Å². The molecule has 0 bridgehead atoms. The summed E-state index contributed by atoms with van der Waals surface area (Å²) in [6.07, 6.45) is 0.372. The summed E-state index contributed by atoms with van der Waals surface area (Å²) >= 11 is 0. The van der Waals surface area contributed by atoms with E-state index in [-0.39, 0.29) is 30.3 Å². The van der Waals surface area contributed by atoms with Crippen LogP contribution in [0.4, 0.5) is 11.4 Å². The molecule has 29 heavy (non-hydrogen) atoms. The summed E-state index contributed by atoms with van der Waals surface area (Å²) in [5.74, 6) is 0.385. The van der Waals surface area contributed by atoms with Crippen molar-refractivity contribution in [3.05, 3.63) is 53.6 Å². The molecule has 154 valence electrons. The Kier molecular flexibility index (Phi) is 6.54. The van der Waals surface area contributed by atoms with Gasteiger partial charge in [-0.25, -0.2) is 0 Å². The average molecular weight is 396 g/mol. The van der Waals surface area contributed by atoms with Crippen molar-refractivity contribution >= 4 is 23.1 Å². The van der Waals surface area contributed by atoms with Gasteiger partial charge in [0.15, 0.2) is 5.78 Å². The van der Waals surface area contributed by atoms with Gasteiger partial charge in [0.2, 0.25) is 5.91 Å². The molecule has 3 rings (SSSR count). The second-order valence-corrected chi connectivity index (χ2v) is 7.49. The van der Waals surface area contributed by atoms with Gasteiger partial charge in [-0.3, -0.25) is 9.59 Å². The molecule has 0 spiro atoms. The molecule has 6 heteroatoms. The van der Waals surface area contributed by atoms with Crippen molar-refractivity contribution in [3.8, 4) is 5.75 Å². The molecule has 2 atom stereocenters. The van der Waals surface area contributed by atoms with Crippen molar-refractivity contribution in [1.29, 1.82) is 0 Å². The van der Waals surface area contributed by atoms with Crippen LogP contribution in [-0.2, 0) is 16.0 Å². The number of rotatable bonds is 6. The zero-order valence-electron chi connectivity index (χ0n) is 17.4. The standard InChI is InChI=1S/C23H28N2O4/c1-15-13-25(14-16(2)29-15)21-8-6-5-7-20(21)24-23(27)12-19-11-18(17(3)26)9-10-22(19)28-4/h5-11,15-16H,12-14H2,1-4H3,(H,24,27). The third kappa shape index (κ3) is 5.15. The smallest absolute Gasteiger partial charge is 0.228 e. The van der Waals surface area contributed by atoms with Crippen molar-refractivity contribution in [1.82, 2.24) is 0 Å². The summed E-state index contributed by atoms with van der Waals surface area (Å²) in [5, 5.41) is 3.02. The normalized spacial score (nSPS) is 19.0. The molecule has 0 aliphatic carbocycles. The van der Waals surface area contributed by atoms with Crippen LogP contribution in [0.5, 0.6) is 5.75 Å². The van der Waals surface area contributed by atoms with Gasteiger partial charge < -0.3 is 19.7 Å². The molecule has 1 saturated heterocycles. The van der Waals surface area contributed by atoms with Crippen LogP contribution in [0, 0.1) is 0 Å². The van der Waals surface area contributed by atoms with Crippen LogP contribution in [0.2, 0.25) is 0 Å². The maximum absolute atomic E-state index is 12.8. The van der Waals surface area contributed by atoms with Gasteiger partial charge in [0.1, 0.15) is 5.75 Å². The first-order valence-corrected chi connectivity index (χ1v) is 9.84. The van der Waals surface area contributed by atoms with Gasteiger partial charge in [0, 0.05) is 24.2 Å². The molecule has 2 unspecified atom stereocenters. The SMILES string of the molecule is COc1ccc(C(C)=O)cc1CC(=O)Nc1ccccc1N1CC(C)OC(C)C1. The lowest BCUT2D eigenvalue weighted by Crippen LogP contribution is -2.45. The zero-order valence-corrected chi connectivity index (χ0v) is 17.4. The van der Waals surface area contributed by atoms with Crippen LogP contribution in [0.3, 0.4) is 0 Å². The minimum atomic E-state index is -0.161. The van der Waals surface area contributed by atoms with Gasteiger partial charge in [0.05, 0.1) is 37.1 Å². The highest BCUT2D eigenvalue weighted by molar-refractivity contribution is 5.97. The van der Waals surface area contributed by atoms with Crippen LogP contribution in [0.1, 0.15) is 36.7 Å². The van der Waals surface area contributed by atoms with Crippen LogP contribution in [0.25, 0.3) is 0 Å². The number of hydrogen-bond donors (Lipinski definition) is 1. The van der Waals surface area contributed by atoms with Crippen molar-refractivity contribution in [2.24, 2.45) is 0 Å². The summed E-state index contributed by atoms with van der Waals surface area (Å²) in [6, 6.07) is 12.9. The van der Waals surface area contributed by atoms with Crippen LogP contribution >= 0.6 is 0 Å². The van der Waals surface area contributed by atoms with Crippen LogP contribution < -0.4 is 15.0 Å². The Hall–Kier alpha value is -2.86. The number of benzene rings is 2. The molecule has 1 N–H and O–H groups in total. The second-order valence-electron chi connectivity index (χ2n) is 7.49. The number of anilines is 2. The second kappa shape index (κ2) is 9.09. The van der Waals surface area contributed by atoms with Crippen molar-refractivity contribution < 1.29 is 19.1 Å². The third-order valence-corrected chi connectivity index (χ3v) is 4.98. The summed E-state index contributed by atoms with van der Waals surface area (Å²) in [6.45, 7) is 7.15. The molecule has 1 aliphatic heterocycles. The highest BCUT2D eigenvalue weighted by Crippen LogP contribution is 2.29. The van der Waals surface area contributed by atoms with Crippen LogP contribution in [0.15, 0.2) is 42.5 Å². The molecule has 2 aromatic rings. The average Bonchev–Trinajstić information content (AvgIpc) is 2.67. The number of nitrogens with zero attached hydrogens (tertiary/aromatic N) is 1. The lowest BCUT2D eigenvalue weighted by Gasteiger charge is -2.37. The quantitative estimate of drug-likeness (QED) is 0.754. The van der Waals surface area contributed by atoms with Gasteiger partial charge >= 0.3 is 0 Å². The molecule has 2 aromatic carbocycles. The molecular weight excluding hydrogens is 368 g/mol. The maximum atomic E-state index is 12.8. The Labute approximate surface area is 171 Å². The lowest BCUT2D eigenvalue weighted by molar-refractivity contribution is -0.115. The van der Waals surface area contributed by atoms with E-state index in [1.165, 1.54) is 6.92 Å². The number of carbonyl (C=O) groups is 2.